The number of nitrogens with zero attached hydrogens (tertiary/aromatic N) is 1. The Kier molecular flexibility index (Phi) is 4.29. The number of sulfone groups is 1. The topological polar surface area (TPSA) is 63.4 Å². The lowest BCUT2D eigenvalue weighted by Crippen LogP contribution is -2.26. The minimum Gasteiger partial charge on any atom is -0.399 e. The molecule has 0 unspecified atom stereocenters. The lowest BCUT2D eigenvalue weighted by Gasteiger charge is -2.20. The van der Waals surface area contributed by atoms with Gasteiger partial charge in [-0.1, -0.05) is 15.9 Å². The lowest BCUT2D eigenvalue weighted by atomic mass is 10.2. The van der Waals surface area contributed by atoms with Gasteiger partial charge in [0.05, 0.1) is 11.5 Å². The summed E-state index contributed by atoms with van der Waals surface area (Å²) < 4.78 is 24.1. The maximum absolute atomic E-state index is 11.5. The standard InChI is InChI=1S/C12H17BrN2O2S/c13-12-3-2-11(14)8-10(12)9-15-4-1-6-18(16,17)7-5-15/h2-3,8H,1,4-7,9,14H2. The number of nitrogens with two attached hydrogens (primary N) is 1. The van der Waals surface area contributed by atoms with E-state index in [2.05, 4.69) is 20.8 Å². The molecule has 2 rings (SSSR count). The van der Waals surface area contributed by atoms with Crippen LogP contribution in [0, 0.1) is 0 Å². The van der Waals surface area contributed by atoms with Crippen molar-refractivity contribution in [2.45, 2.75) is 13.0 Å². The molecule has 0 saturated carbocycles. The highest BCUT2D eigenvalue weighted by molar-refractivity contribution is 9.10. The highest BCUT2D eigenvalue weighted by Gasteiger charge is 2.19. The Balaban J connectivity index is 2.07. The van der Waals surface area contributed by atoms with Gasteiger partial charge in [0, 0.05) is 23.2 Å². The molecule has 0 amide bonds. The van der Waals surface area contributed by atoms with Crippen molar-refractivity contribution in [2.24, 2.45) is 0 Å². The Morgan fingerprint density at radius 3 is 2.83 bits per heavy atom. The summed E-state index contributed by atoms with van der Waals surface area (Å²) in [6.45, 7) is 2.16. The molecule has 1 aromatic rings. The van der Waals surface area contributed by atoms with Crippen LogP contribution < -0.4 is 5.73 Å². The monoisotopic (exact) mass is 332 g/mol. The number of rotatable bonds is 2. The molecule has 0 radical (unpaired) electrons. The zero-order chi connectivity index (χ0) is 13.2. The Morgan fingerprint density at radius 2 is 2.06 bits per heavy atom. The second kappa shape index (κ2) is 5.59. The second-order valence-electron chi connectivity index (χ2n) is 4.63. The molecule has 0 bridgehead atoms. The average Bonchev–Trinajstić information content (AvgIpc) is 2.46. The van der Waals surface area contributed by atoms with Crippen LogP contribution >= 0.6 is 15.9 Å². The Hall–Kier alpha value is -0.590. The molecule has 1 fully saturated rings. The van der Waals surface area contributed by atoms with Crippen LogP contribution in [-0.4, -0.2) is 37.9 Å². The highest BCUT2D eigenvalue weighted by Crippen LogP contribution is 2.21. The van der Waals surface area contributed by atoms with Crippen LogP contribution in [0.3, 0.4) is 0 Å². The van der Waals surface area contributed by atoms with Crippen LogP contribution in [0.15, 0.2) is 22.7 Å². The van der Waals surface area contributed by atoms with Gasteiger partial charge in [0.1, 0.15) is 0 Å². The molecule has 1 aromatic carbocycles. The van der Waals surface area contributed by atoms with E-state index < -0.39 is 9.84 Å². The predicted molar refractivity (Wildman–Crippen MR) is 77.1 cm³/mol. The molecule has 0 atom stereocenters. The van der Waals surface area contributed by atoms with Gasteiger partial charge in [-0.15, -0.1) is 0 Å². The van der Waals surface area contributed by atoms with E-state index in [0.29, 0.717) is 18.7 Å². The Morgan fingerprint density at radius 1 is 1.28 bits per heavy atom. The summed E-state index contributed by atoms with van der Waals surface area (Å²) in [5.74, 6) is 0.564. The number of halogens is 1. The molecule has 1 aliphatic heterocycles. The van der Waals surface area contributed by atoms with E-state index in [1.807, 2.05) is 18.2 Å². The van der Waals surface area contributed by atoms with Crippen molar-refractivity contribution in [1.82, 2.24) is 4.90 Å². The molecule has 2 N–H and O–H groups in total. The van der Waals surface area contributed by atoms with Crippen LogP contribution in [0.1, 0.15) is 12.0 Å². The highest BCUT2D eigenvalue weighted by atomic mass is 79.9. The van der Waals surface area contributed by atoms with Crippen molar-refractivity contribution >= 4 is 31.5 Å². The first-order chi connectivity index (χ1) is 8.46. The van der Waals surface area contributed by atoms with Crippen LogP contribution in [0.4, 0.5) is 5.69 Å². The van der Waals surface area contributed by atoms with Crippen LogP contribution in [0.5, 0.6) is 0 Å². The zero-order valence-electron chi connectivity index (χ0n) is 10.1. The molecule has 100 valence electrons. The van der Waals surface area contributed by atoms with Gasteiger partial charge in [-0.2, -0.15) is 0 Å². The van der Waals surface area contributed by atoms with E-state index in [1.165, 1.54) is 0 Å². The van der Waals surface area contributed by atoms with E-state index >= 15 is 0 Å². The molecule has 6 heteroatoms. The number of hydrogen-bond acceptors (Lipinski definition) is 4. The van der Waals surface area contributed by atoms with Gasteiger partial charge in [0.2, 0.25) is 0 Å². The van der Waals surface area contributed by atoms with Crippen LogP contribution in [0.25, 0.3) is 0 Å². The molecule has 0 aliphatic carbocycles. The molecule has 18 heavy (non-hydrogen) atoms. The maximum Gasteiger partial charge on any atom is 0.151 e. The van der Waals surface area contributed by atoms with E-state index in [-0.39, 0.29) is 5.75 Å². The number of hydrogen-bond donors (Lipinski definition) is 1. The third-order valence-electron chi connectivity index (χ3n) is 3.11. The molecular formula is C12H17BrN2O2S. The predicted octanol–water partition coefficient (Wildman–Crippen LogP) is 1.65. The van der Waals surface area contributed by atoms with Crippen molar-refractivity contribution in [1.29, 1.82) is 0 Å². The van der Waals surface area contributed by atoms with Crippen molar-refractivity contribution in [3.05, 3.63) is 28.2 Å². The summed E-state index contributed by atoms with van der Waals surface area (Å²) >= 11 is 3.50. The van der Waals surface area contributed by atoms with Crippen molar-refractivity contribution < 1.29 is 8.42 Å². The Bertz CT molecular complexity index is 531. The van der Waals surface area contributed by atoms with Gasteiger partial charge in [0.15, 0.2) is 9.84 Å². The molecule has 0 aromatic heterocycles. The minimum atomic E-state index is -2.84. The summed E-state index contributed by atoms with van der Waals surface area (Å²) in [5.41, 5.74) is 7.61. The van der Waals surface area contributed by atoms with Gasteiger partial charge in [-0.3, -0.25) is 4.90 Å². The number of benzene rings is 1. The quantitative estimate of drug-likeness (QED) is 0.836. The minimum absolute atomic E-state index is 0.257. The van der Waals surface area contributed by atoms with Gasteiger partial charge in [0.25, 0.3) is 0 Å². The van der Waals surface area contributed by atoms with Crippen molar-refractivity contribution in [3.63, 3.8) is 0 Å². The van der Waals surface area contributed by atoms with Crippen molar-refractivity contribution in [3.8, 4) is 0 Å². The van der Waals surface area contributed by atoms with Crippen molar-refractivity contribution in [2.75, 3.05) is 30.3 Å². The second-order valence-corrected chi connectivity index (χ2v) is 7.79. The van der Waals surface area contributed by atoms with Gasteiger partial charge >= 0.3 is 0 Å². The average molecular weight is 333 g/mol. The van der Waals surface area contributed by atoms with Gasteiger partial charge < -0.3 is 5.73 Å². The normalized spacial score (nSPS) is 20.5. The number of nitrogen functional groups attached to an aromatic ring is 1. The zero-order valence-corrected chi connectivity index (χ0v) is 12.5. The number of anilines is 1. The Labute approximate surface area is 116 Å². The maximum atomic E-state index is 11.5. The van der Waals surface area contributed by atoms with Gasteiger partial charge in [-0.25, -0.2) is 8.42 Å². The van der Waals surface area contributed by atoms with Crippen LogP contribution in [0.2, 0.25) is 0 Å². The molecule has 1 aliphatic rings. The summed E-state index contributed by atoms with van der Waals surface area (Å²) in [7, 11) is -2.84. The first-order valence-corrected chi connectivity index (χ1v) is 8.54. The van der Waals surface area contributed by atoms with Crippen LogP contribution in [-0.2, 0) is 16.4 Å². The third kappa shape index (κ3) is 3.70. The molecular weight excluding hydrogens is 316 g/mol. The van der Waals surface area contributed by atoms with E-state index in [0.717, 1.165) is 28.8 Å². The van der Waals surface area contributed by atoms with E-state index in [1.54, 1.807) is 0 Å². The molecule has 1 heterocycles. The summed E-state index contributed by atoms with van der Waals surface area (Å²) in [6, 6.07) is 5.71. The lowest BCUT2D eigenvalue weighted by molar-refractivity contribution is 0.287. The fourth-order valence-electron chi connectivity index (χ4n) is 2.10. The van der Waals surface area contributed by atoms with E-state index in [9.17, 15) is 8.42 Å². The first kappa shape index (κ1) is 13.8. The SMILES string of the molecule is Nc1ccc(Br)c(CN2CCCS(=O)(=O)CC2)c1. The molecule has 4 nitrogen and oxygen atoms in total. The summed E-state index contributed by atoms with van der Waals surface area (Å²) in [5, 5.41) is 0. The third-order valence-corrected chi connectivity index (χ3v) is 5.60. The van der Waals surface area contributed by atoms with Gasteiger partial charge in [-0.05, 0) is 36.7 Å². The fourth-order valence-corrected chi connectivity index (χ4v) is 3.79. The first-order valence-electron chi connectivity index (χ1n) is 5.93. The fraction of sp³-hybridized carbons (Fsp3) is 0.500. The van der Waals surface area contributed by atoms with E-state index in [4.69, 9.17) is 5.73 Å². The molecule has 1 saturated heterocycles. The molecule has 0 spiro atoms. The summed E-state index contributed by atoms with van der Waals surface area (Å²) in [6.07, 6.45) is 0.711. The smallest absolute Gasteiger partial charge is 0.151 e. The summed E-state index contributed by atoms with van der Waals surface area (Å²) in [4.78, 5) is 2.17. The largest absolute Gasteiger partial charge is 0.399 e.